The number of nitrogens with one attached hydrogen (secondary N) is 1. The first-order valence-electron chi connectivity index (χ1n) is 5.41. The van der Waals surface area contributed by atoms with Crippen LogP contribution in [0.15, 0.2) is 18.2 Å². The molecular formula is C12H16ClNO3. The molecule has 17 heavy (non-hydrogen) atoms. The van der Waals surface area contributed by atoms with E-state index < -0.39 is 5.97 Å². The number of carboxylic acid groups (broad SMARTS) is 1. The first-order chi connectivity index (χ1) is 8.15. The van der Waals surface area contributed by atoms with Crippen molar-refractivity contribution in [2.75, 3.05) is 25.6 Å². The van der Waals surface area contributed by atoms with E-state index in [1.807, 2.05) is 0 Å². The summed E-state index contributed by atoms with van der Waals surface area (Å²) in [6.07, 6.45) is 1.98. The molecule has 5 heteroatoms. The highest BCUT2D eigenvalue weighted by Crippen LogP contribution is 2.20. The Labute approximate surface area is 106 Å². The van der Waals surface area contributed by atoms with Crippen LogP contribution in [0.4, 0.5) is 5.69 Å². The van der Waals surface area contributed by atoms with Gasteiger partial charge in [-0.2, -0.15) is 0 Å². The summed E-state index contributed by atoms with van der Waals surface area (Å²) >= 11 is 5.85. The molecular weight excluding hydrogens is 242 g/mol. The minimum atomic E-state index is -1.01. The molecule has 0 saturated carbocycles. The number of aromatic carboxylic acids is 1. The van der Waals surface area contributed by atoms with Gasteiger partial charge in [0.25, 0.3) is 0 Å². The van der Waals surface area contributed by atoms with Crippen LogP contribution >= 0.6 is 11.6 Å². The highest BCUT2D eigenvalue weighted by molar-refractivity contribution is 6.33. The minimum absolute atomic E-state index is 0.122. The number of carbonyl (C=O) groups is 1. The maximum absolute atomic E-state index is 10.7. The first kappa shape index (κ1) is 13.8. The summed E-state index contributed by atoms with van der Waals surface area (Å²) < 4.78 is 4.94. The van der Waals surface area contributed by atoms with Crippen molar-refractivity contribution in [1.29, 1.82) is 0 Å². The van der Waals surface area contributed by atoms with Gasteiger partial charge in [0.2, 0.25) is 0 Å². The lowest BCUT2D eigenvalue weighted by molar-refractivity contribution is 0.0697. The summed E-state index contributed by atoms with van der Waals surface area (Å²) in [5.74, 6) is -1.01. The SMILES string of the molecule is COCCCCNc1ccc(C(=O)O)c(Cl)c1. The van der Waals surface area contributed by atoms with Crippen molar-refractivity contribution in [3.8, 4) is 0 Å². The van der Waals surface area contributed by atoms with Gasteiger partial charge in [-0.1, -0.05) is 11.6 Å². The Kier molecular flexibility index (Phi) is 5.80. The predicted octanol–water partition coefficient (Wildman–Crippen LogP) is 2.88. The number of ether oxygens (including phenoxy) is 1. The van der Waals surface area contributed by atoms with Crippen molar-refractivity contribution in [3.63, 3.8) is 0 Å². The van der Waals surface area contributed by atoms with Crippen LogP contribution in [0, 0.1) is 0 Å². The molecule has 1 aromatic carbocycles. The molecule has 0 saturated heterocycles. The molecule has 1 rings (SSSR count). The van der Waals surface area contributed by atoms with E-state index in [0.29, 0.717) is 0 Å². The largest absolute Gasteiger partial charge is 0.478 e. The number of rotatable bonds is 7. The van der Waals surface area contributed by atoms with E-state index in [4.69, 9.17) is 21.4 Å². The summed E-state index contributed by atoms with van der Waals surface area (Å²) in [4.78, 5) is 10.7. The van der Waals surface area contributed by atoms with E-state index in [1.54, 1.807) is 19.2 Å². The third-order valence-corrected chi connectivity index (χ3v) is 2.62. The molecule has 0 spiro atoms. The molecule has 94 valence electrons. The van der Waals surface area contributed by atoms with E-state index in [1.165, 1.54) is 6.07 Å². The van der Waals surface area contributed by atoms with Gasteiger partial charge in [-0.15, -0.1) is 0 Å². The molecule has 0 aliphatic rings. The second-order valence-corrected chi connectivity index (χ2v) is 4.03. The molecule has 0 atom stereocenters. The monoisotopic (exact) mass is 257 g/mol. The minimum Gasteiger partial charge on any atom is -0.478 e. The molecule has 0 radical (unpaired) electrons. The smallest absolute Gasteiger partial charge is 0.337 e. The van der Waals surface area contributed by atoms with Crippen molar-refractivity contribution in [2.24, 2.45) is 0 Å². The fourth-order valence-electron chi connectivity index (χ4n) is 1.40. The van der Waals surface area contributed by atoms with Gasteiger partial charge in [-0.05, 0) is 31.0 Å². The van der Waals surface area contributed by atoms with Crippen LogP contribution in [0.5, 0.6) is 0 Å². The normalized spacial score (nSPS) is 10.2. The lowest BCUT2D eigenvalue weighted by atomic mass is 10.2. The standard InChI is InChI=1S/C12H16ClNO3/c1-17-7-3-2-6-14-9-4-5-10(12(15)16)11(13)8-9/h4-5,8,14H,2-3,6-7H2,1H3,(H,15,16). The molecule has 0 fully saturated rings. The van der Waals surface area contributed by atoms with Crippen LogP contribution in [0.25, 0.3) is 0 Å². The molecule has 0 heterocycles. The number of hydrogen-bond acceptors (Lipinski definition) is 3. The van der Waals surface area contributed by atoms with Crippen LogP contribution in [0.3, 0.4) is 0 Å². The van der Waals surface area contributed by atoms with Gasteiger partial charge in [0.05, 0.1) is 10.6 Å². The van der Waals surface area contributed by atoms with Crippen LogP contribution in [0.2, 0.25) is 5.02 Å². The fourth-order valence-corrected chi connectivity index (χ4v) is 1.66. The fraction of sp³-hybridized carbons (Fsp3) is 0.417. The second kappa shape index (κ2) is 7.14. The van der Waals surface area contributed by atoms with Crippen molar-refractivity contribution < 1.29 is 14.6 Å². The maximum atomic E-state index is 10.7. The van der Waals surface area contributed by atoms with Crippen molar-refractivity contribution >= 4 is 23.3 Å². The molecule has 4 nitrogen and oxygen atoms in total. The number of methoxy groups -OCH3 is 1. The molecule has 2 N–H and O–H groups in total. The number of unbranched alkanes of at least 4 members (excludes halogenated alkanes) is 1. The number of anilines is 1. The Morgan fingerprint density at radius 2 is 2.24 bits per heavy atom. The molecule has 0 aliphatic carbocycles. The Morgan fingerprint density at radius 1 is 1.47 bits per heavy atom. The van der Waals surface area contributed by atoms with Gasteiger partial charge in [0.15, 0.2) is 0 Å². The van der Waals surface area contributed by atoms with Crippen LogP contribution in [-0.2, 0) is 4.74 Å². The molecule has 0 unspecified atom stereocenters. The third kappa shape index (κ3) is 4.63. The zero-order chi connectivity index (χ0) is 12.7. The Morgan fingerprint density at radius 3 is 2.82 bits per heavy atom. The number of benzene rings is 1. The summed E-state index contributed by atoms with van der Waals surface area (Å²) in [5.41, 5.74) is 0.953. The van der Waals surface area contributed by atoms with Crippen molar-refractivity contribution in [3.05, 3.63) is 28.8 Å². The van der Waals surface area contributed by atoms with Crippen LogP contribution < -0.4 is 5.32 Å². The topological polar surface area (TPSA) is 58.6 Å². The maximum Gasteiger partial charge on any atom is 0.337 e. The van der Waals surface area contributed by atoms with E-state index in [-0.39, 0.29) is 10.6 Å². The summed E-state index contributed by atoms with van der Waals surface area (Å²) in [6, 6.07) is 4.84. The molecule has 0 amide bonds. The quantitative estimate of drug-likeness (QED) is 0.738. The lowest BCUT2D eigenvalue weighted by Crippen LogP contribution is -2.04. The van der Waals surface area contributed by atoms with Crippen molar-refractivity contribution in [1.82, 2.24) is 0 Å². The van der Waals surface area contributed by atoms with E-state index in [2.05, 4.69) is 5.32 Å². The van der Waals surface area contributed by atoms with Gasteiger partial charge >= 0.3 is 5.97 Å². The highest BCUT2D eigenvalue weighted by atomic mass is 35.5. The van der Waals surface area contributed by atoms with Crippen molar-refractivity contribution in [2.45, 2.75) is 12.8 Å². The van der Waals surface area contributed by atoms with Gasteiger partial charge in [0, 0.05) is 25.9 Å². The lowest BCUT2D eigenvalue weighted by Gasteiger charge is -2.07. The summed E-state index contributed by atoms with van der Waals surface area (Å²) in [6.45, 7) is 1.56. The highest BCUT2D eigenvalue weighted by Gasteiger charge is 2.08. The average Bonchev–Trinajstić information content (AvgIpc) is 2.28. The van der Waals surface area contributed by atoms with Crippen LogP contribution in [-0.4, -0.2) is 31.3 Å². The van der Waals surface area contributed by atoms with E-state index >= 15 is 0 Å². The average molecular weight is 258 g/mol. The summed E-state index contributed by atoms with van der Waals surface area (Å²) in [5, 5.41) is 12.2. The van der Waals surface area contributed by atoms with Gasteiger partial charge in [0.1, 0.15) is 0 Å². The summed E-state index contributed by atoms with van der Waals surface area (Å²) in [7, 11) is 1.68. The molecule has 0 aliphatic heterocycles. The number of carboxylic acids is 1. The zero-order valence-corrected chi connectivity index (χ0v) is 10.5. The van der Waals surface area contributed by atoms with Gasteiger partial charge < -0.3 is 15.2 Å². The Bertz CT molecular complexity index is 382. The van der Waals surface area contributed by atoms with E-state index in [9.17, 15) is 4.79 Å². The van der Waals surface area contributed by atoms with Gasteiger partial charge in [-0.3, -0.25) is 0 Å². The van der Waals surface area contributed by atoms with E-state index in [0.717, 1.165) is 31.7 Å². The molecule has 1 aromatic rings. The number of hydrogen-bond donors (Lipinski definition) is 2. The first-order valence-corrected chi connectivity index (χ1v) is 5.78. The zero-order valence-electron chi connectivity index (χ0n) is 9.70. The van der Waals surface area contributed by atoms with Crippen LogP contribution in [0.1, 0.15) is 23.2 Å². The Hall–Kier alpha value is -1.26. The molecule has 0 aromatic heterocycles. The van der Waals surface area contributed by atoms with Gasteiger partial charge in [-0.25, -0.2) is 4.79 Å². The predicted molar refractivity (Wildman–Crippen MR) is 68.0 cm³/mol. The Balaban J connectivity index is 2.45. The molecule has 0 bridgehead atoms. The number of halogens is 1. The third-order valence-electron chi connectivity index (χ3n) is 2.30. The second-order valence-electron chi connectivity index (χ2n) is 3.63.